The second-order valence-corrected chi connectivity index (χ2v) is 4.60. The van der Waals surface area contributed by atoms with Gasteiger partial charge in [0.2, 0.25) is 0 Å². The van der Waals surface area contributed by atoms with Gasteiger partial charge in [0, 0.05) is 0 Å². The average molecular weight is 236 g/mol. The number of aromatic nitrogens is 2. The van der Waals surface area contributed by atoms with Crippen molar-refractivity contribution in [2.24, 2.45) is 0 Å². The van der Waals surface area contributed by atoms with Crippen LogP contribution in [0.2, 0.25) is 0 Å². The lowest BCUT2D eigenvalue weighted by Gasteiger charge is -2.06. The van der Waals surface area contributed by atoms with E-state index >= 15 is 0 Å². The van der Waals surface area contributed by atoms with E-state index in [1.54, 1.807) is 0 Å². The lowest BCUT2D eigenvalue weighted by atomic mass is 10.1. The third kappa shape index (κ3) is 1.94. The van der Waals surface area contributed by atoms with Crippen molar-refractivity contribution in [3.63, 3.8) is 0 Å². The first-order valence-corrected chi connectivity index (χ1v) is 6.53. The Morgan fingerprint density at radius 3 is 2.33 bits per heavy atom. The van der Waals surface area contributed by atoms with Crippen molar-refractivity contribution >= 4 is 22.1 Å². The fourth-order valence-corrected chi connectivity index (χ4v) is 2.27. The predicted molar refractivity (Wildman–Crippen MR) is 75.7 cm³/mol. The second kappa shape index (κ2) is 4.73. The molecule has 0 atom stereocenters. The minimum absolute atomic E-state index is 0.970. The van der Waals surface area contributed by atoms with Crippen molar-refractivity contribution in [3.05, 3.63) is 48.0 Å². The maximum Gasteiger partial charge on any atom is 0.0926 e. The van der Waals surface area contributed by atoms with Gasteiger partial charge in [-0.05, 0) is 36.6 Å². The van der Waals surface area contributed by atoms with Gasteiger partial charge in [0.1, 0.15) is 0 Å². The zero-order valence-electron chi connectivity index (χ0n) is 10.6. The highest BCUT2D eigenvalue weighted by Gasteiger charge is 2.05. The second-order valence-electron chi connectivity index (χ2n) is 4.60. The van der Waals surface area contributed by atoms with Crippen LogP contribution < -0.4 is 0 Å². The summed E-state index contributed by atoms with van der Waals surface area (Å²) in [5.41, 5.74) is 5.33. The normalized spacial score (nSPS) is 11.2. The van der Waals surface area contributed by atoms with E-state index in [0.717, 1.165) is 28.5 Å². The van der Waals surface area contributed by atoms with Crippen LogP contribution in [0, 0.1) is 0 Å². The summed E-state index contributed by atoms with van der Waals surface area (Å²) in [6, 6.07) is 14.3. The number of aryl methyl sites for hydroxylation is 1. The Balaban J connectivity index is 2.22. The molecular weight excluding hydrogens is 220 g/mol. The predicted octanol–water partition coefficient (Wildman–Crippen LogP) is 4.13. The van der Waals surface area contributed by atoms with E-state index in [1.165, 1.54) is 18.4 Å². The molecule has 18 heavy (non-hydrogen) atoms. The summed E-state index contributed by atoms with van der Waals surface area (Å²) in [4.78, 5) is 9.45. The van der Waals surface area contributed by atoms with Gasteiger partial charge in [-0.3, -0.25) is 0 Å². The zero-order valence-corrected chi connectivity index (χ0v) is 10.6. The smallest absolute Gasteiger partial charge is 0.0926 e. The van der Waals surface area contributed by atoms with Gasteiger partial charge in [-0.1, -0.05) is 37.6 Å². The van der Waals surface area contributed by atoms with E-state index in [2.05, 4.69) is 24.0 Å². The highest BCUT2D eigenvalue weighted by Crippen LogP contribution is 2.20. The van der Waals surface area contributed by atoms with Crippen molar-refractivity contribution in [1.29, 1.82) is 0 Å². The first-order valence-electron chi connectivity index (χ1n) is 6.53. The summed E-state index contributed by atoms with van der Waals surface area (Å²) < 4.78 is 0. The van der Waals surface area contributed by atoms with Crippen LogP contribution in [0.1, 0.15) is 25.3 Å². The molecule has 1 aromatic heterocycles. The van der Waals surface area contributed by atoms with Gasteiger partial charge in [0.15, 0.2) is 0 Å². The van der Waals surface area contributed by atoms with E-state index < -0.39 is 0 Å². The van der Waals surface area contributed by atoms with Gasteiger partial charge < -0.3 is 0 Å². The van der Waals surface area contributed by atoms with Crippen LogP contribution in [0.15, 0.2) is 42.5 Å². The maximum absolute atomic E-state index is 4.77. The van der Waals surface area contributed by atoms with E-state index in [9.17, 15) is 0 Å². The molecule has 0 bridgehead atoms. The van der Waals surface area contributed by atoms with Gasteiger partial charge >= 0.3 is 0 Å². The quantitative estimate of drug-likeness (QED) is 0.639. The Hall–Kier alpha value is -1.96. The van der Waals surface area contributed by atoms with Crippen LogP contribution >= 0.6 is 0 Å². The van der Waals surface area contributed by atoms with Gasteiger partial charge in [-0.15, -0.1) is 0 Å². The first kappa shape index (κ1) is 11.1. The highest BCUT2D eigenvalue weighted by atomic mass is 14.8. The summed E-state index contributed by atoms with van der Waals surface area (Å²) in [6.45, 7) is 2.21. The molecule has 0 saturated heterocycles. The molecule has 0 radical (unpaired) electrons. The van der Waals surface area contributed by atoms with Crippen LogP contribution in [0.25, 0.3) is 22.1 Å². The van der Waals surface area contributed by atoms with E-state index in [-0.39, 0.29) is 0 Å². The topological polar surface area (TPSA) is 25.8 Å². The molecule has 0 amide bonds. The van der Waals surface area contributed by atoms with Crippen LogP contribution in [-0.4, -0.2) is 9.97 Å². The van der Waals surface area contributed by atoms with E-state index in [0.29, 0.717) is 0 Å². The molecule has 0 aliphatic carbocycles. The SMILES string of the molecule is CCCCc1cccc2nc3ccccc3nc12. The first-order chi connectivity index (χ1) is 8.88. The van der Waals surface area contributed by atoms with Crippen LogP contribution in [0.5, 0.6) is 0 Å². The Kier molecular flexibility index (Phi) is 2.93. The summed E-state index contributed by atoms with van der Waals surface area (Å²) in [5, 5.41) is 0. The minimum atomic E-state index is 0.970. The molecule has 3 rings (SSSR count). The van der Waals surface area contributed by atoms with Crippen molar-refractivity contribution < 1.29 is 0 Å². The standard InChI is InChI=1S/C16H16N2/c1-2-3-7-12-8-6-11-15-16(12)18-14-10-5-4-9-13(14)17-15/h4-6,8-11H,2-3,7H2,1H3. The number of para-hydroxylation sites is 3. The Morgan fingerprint density at radius 1 is 0.833 bits per heavy atom. The number of nitrogens with zero attached hydrogens (tertiary/aromatic N) is 2. The van der Waals surface area contributed by atoms with Gasteiger partial charge in [-0.25, -0.2) is 9.97 Å². The molecule has 3 aromatic rings. The van der Waals surface area contributed by atoms with Crippen molar-refractivity contribution in [3.8, 4) is 0 Å². The number of rotatable bonds is 3. The lowest BCUT2D eigenvalue weighted by Crippen LogP contribution is -1.93. The molecule has 2 nitrogen and oxygen atoms in total. The molecule has 0 saturated carbocycles. The Morgan fingerprint density at radius 2 is 1.56 bits per heavy atom. The molecule has 90 valence electrons. The number of unbranched alkanes of at least 4 members (excludes halogenated alkanes) is 1. The number of hydrogen-bond acceptors (Lipinski definition) is 2. The van der Waals surface area contributed by atoms with Crippen LogP contribution in [0.4, 0.5) is 0 Å². The molecular formula is C16H16N2. The third-order valence-electron chi connectivity index (χ3n) is 3.25. The van der Waals surface area contributed by atoms with E-state index in [4.69, 9.17) is 4.98 Å². The average Bonchev–Trinajstić information content (AvgIpc) is 2.43. The Bertz CT molecular complexity index is 689. The van der Waals surface area contributed by atoms with Crippen molar-refractivity contribution in [2.75, 3.05) is 0 Å². The maximum atomic E-state index is 4.77. The number of hydrogen-bond donors (Lipinski definition) is 0. The monoisotopic (exact) mass is 236 g/mol. The summed E-state index contributed by atoms with van der Waals surface area (Å²) in [5.74, 6) is 0. The fourth-order valence-electron chi connectivity index (χ4n) is 2.27. The Labute approximate surface area is 107 Å². The molecule has 0 unspecified atom stereocenters. The summed E-state index contributed by atoms with van der Waals surface area (Å²) in [7, 11) is 0. The zero-order chi connectivity index (χ0) is 12.4. The molecule has 0 aliphatic heterocycles. The fraction of sp³-hybridized carbons (Fsp3) is 0.250. The lowest BCUT2D eigenvalue weighted by molar-refractivity contribution is 0.798. The van der Waals surface area contributed by atoms with Crippen molar-refractivity contribution in [1.82, 2.24) is 9.97 Å². The van der Waals surface area contributed by atoms with Crippen LogP contribution in [0.3, 0.4) is 0 Å². The molecule has 0 N–H and O–H groups in total. The third-order valence-corrected chi connectivity index (χ3v) is 3.25. The number of benzene rings is 2. The van der Waals surface area contributed by atoms with Gasteiger partial charge in [-0.2, -0.15) is 0 Å². The summed E-state index contributed by atoms with van der Waals surface area (Å²) in [6.07, 6.45) is 3.49. The van der Waals surface area contributed by atoms with Gasteiger partial charge in [0.25, 0.3) is 0 Å². The number of fused-ring (bicyclic) bond motifs is 2. The largest absolute Gasteiger partial charge is 0.244 e. The molecule has 0 aliphatic rings. The molecule has 1 heterocycles. The highest BCUT2D eigenvalue weighted by molar-refractivity contribution is 5.87. The van der Waals surface area contributed by atoms with Crippen LogP contribution in [-0.2, 0) is 6.42 Å². The van der Waals surface area contributed by atoms with Gasteiger partial charge in [0.05, 0.1) is 22.1 Å². The molecule has 2 heteroatoms. The molecule has 2 aromatic carbocycles. The molecule has 0 fully saturated rings. The van der Waals surface area contributed by atoms with E-state index in [1.807, 2.05) is 30.3 Å². The molecule has 0 spiro atoms. The summed E-state index contributed by atoms with van der Waals surface area (Å²) >= 11 is 0. The van der Waals surface area contributed by atoms with Crippen molar-refractivity contribution in [2.45, 2.75) is 26.2 Å². The minimum Gasteiger partial charge on any atom is -0.244 e.